The van der Waals surface area contributed by atoms with E-state index in [1.807, 2.05) is 42.5 Å². The highest BCUT2D eigenvalue weighted by molar-refractivity contribution is 5.94. The number of nitrogens with one attached hydrogen (secondary N) is 1. The Labute approximate surface area is 175 Å². The zero-order chi connectivity index (χ0) is 20.8. The lowest BCUT2D eigenvalue weighted by Gasteiger charge is -2.32. The normalized spacial score (nSPS) is 15.2. The van der Waals surface area contributed by atoms with Gasteiger partial charge in [0.2, 0.25) is 0 Å². The van der Waals surface area contributed by atoms with Crippen LogP contribution in [0.3, 0.4) is 0 Å². The Kier molecular flexibility index (Phi) is 6.44. The standard InChI is InChI=1S/C24H26N2O4/c27-23-10-8-18-7-9-21(17-22(18)30-23)29-16-4-13-26-14-11-20(12-15-26)25-24(28)19-5-2-1-3-6-19/h1-3,5-10,17,20H,4,11-16H2,(H,25,28). The van der Waals surface area contributed by atoms with Crippen molar-refractivity contribution in [3.05, 3.63) is 76.6 Å². The molecule has 0 bridgehead atoms. The van der Waals surface area contributed by atoms with E-state index in [-0.39, 0.29) is 17.6 Å². The summed E-state index contributed by atoms with van der Waals surface area (Å²) in [5.74, 6) is 0.716. The molecule has 4 rings (SSSR count). The fourth-order valence-electron chi connectivity index (χ4n) is 3.77. The molecule has 0 radical (unpaired) electrons. The predicted octanol–water partition coefficient (Wildman–Crippen LogP) is 3.46. The summed E-state index contributed by atoms with van der Waals surface area (Å²) in [7, 11) is 0. The lowest BCUT2D eigenvalue weighted by molar-refractivity contribution is 0.0909. The summed E-state index contributed by atoms with van der Waals surface area (Å²) in [4.78, 5) is 26.0. The monoisotopic (exact) mass is 406 g/mol. The van der Waals surface area contributed by atoms with Crippen LogP contribution in [0.15, 0.2) is 69.9 Å². The SMILES string of the molecule is O=C(NC1CCN(CCCOc2ccc3ccc(=O)oc3c2)CC1)c1ccccc1. The molecular weight excluding hydrogens is 380 g/mol. The minimum atomic E-state index is -0.358. The van der Waals surface area contributed by atoms with E-state index in [1.54, 1.807) is 12.1 Å². The molecule has 156 valence electrons. The van der Waals surface area contributed by atoms with E-state index in [9.17, 15) is 9.59 Å². The quantitative estimate of drug-likeness (QED) is 0.481. The molecule has 0 spiro atoms. The van der Waals surface area contributed by atoms with E-state index >= 15 is 0 Å². The molecule has 2 aromatic carbocycles. The maximum absolute atomic E-state index is 12.3. The number of piperidine rings is 1. The smallest absolute Gasteiger partial charge is 0.336 e. The first-order chi connectivity index (χ1) is 14.7. The molecule has 1 amide bonds. The Hall–Kier alpha value is -3.12. The summed E-state index contributed by atoms with van der Waals surface area (Å²) < 4.78 is 11.0. The lowest BCUT2D eigenvalue weighted by atomic mass is 10.0. The topological polar surface area (TPSA) is 71.8 Å². The molecule has 6 nitrogen and oxygen atoms in total. The van der Waals surface area contributed by atoms with Crippen molar-refractivity contribution in [2.24, 2.45) is 0 Å². The van der Waals surface area contributed by atoms with Gasteiger partial charge in [-0.1, -0.05) is 18.2 Å². The van der Waals surface area contributed by atoms with Gasteiger partial charge in [-0.2, -0.15) is 0 Å². The van der Waals surface area contributed by atoms with Crippen molar-refractivity contribution in [1.82, 2.24) is 10.2 Å². The summed E-state index contributed by atoms with van der Waals surface area (Å²) in [6.45, 7) is 3.51. The van der Waals surface area contributed by atoms with Gasteiger partial charge in [-0.25, -0.2) is 4.79 Å². The Bertz CT molecular complexity index is 1040. The highest BCUT2D eigenvalue weighted by Crippen LogP contribution is 2.19. The number of amides is 1. The molecule has 6 heteroatoms. The van der Waals surface area contributed by atoms with Crippen molar-refractivity contribution >= 4 is 16.9 Å². The number of nitrogens with zero attached hydrogens (tertiary/aromatic N) is 1. The van der Waals surface area contributed by atoms with Crippen molar-refractivity contribution in [2.75, 3.05) is 26.2 Å². The van der Waals surface area contributed by atoms with E-state index in [0.29, 0.717) is 23.5 Å². The summed E-state index contributed by atoms with van der Waals surface area (Å²) in [6.07, 6.45) is 2.84. The van der Waals surface area contributed by atoms with Crippen molar-refractivity contribution < 1.29 is 13.9 Å². The van der Waals surface area contributed by atoms with Gasteiger partial charge >= 0.3 is 5.63 Å². The zero-order valence-corrected chi connectivity index (χ0v) is 16.9. The van der Waals surface area contributed by atoms with Crippen LogP contribution in [0.1, 0.15) is 29.6 Å². The minimum Gasteiger partial charge on any atom is -0.493 e. The number of hydrogen-bond donors (Lipinski definition) is 1. The molecule has 1 N–H and O–H groups in total. The number of fused-ring (bicyclic) bond motifs is 1. The molecule has 1 aromatic heterocycles. The third-order valence-corrected chi connectivity index (χ3v) is 5.44. The molecule has 1 saturated heterocycles. The van der Waals surface area contributed by atoms with Crippen LogP contribution in [-0.2, 0) is 0 Å². The molecule has 1 aliphatic heterocycles. The first-order valence-corrected chi connectivity index (χ1v) is 10.4. The van der Waals surface area contributed by atoms with E-state index in [4.69, 9.17) is 9.15 Å². The van der Waals surface area contributed by atoms with Crippen molar-refractivity contribution in [1.29, 1.82) is 0 Å². The summed E-state index contributed by atoms with van der Waals surface area (Å²) >= 11 is 0. The van der Waals surface area contributed by atoms with E-state index in [1.165, 1.54) is 6.07 Å². The van der Waals surface area contributed by atoms with Gasteiger partial charge in [0.15, 0.2) is 0 Å². The van der Waals surface area contributed by atoms with Crippen molar-refractivity contribution in [2.45, 2.75) is 25.3 Å². The highest BCUT2D eigenvalue weighted by atomic mass is 16.5. The fourth-order valence-corrected chi connectivity index (χ4v) is 3.77. The van der Waals surface area contributed by atoms with Crippen molar-refractivity contribution in [3.63, 3.8) is 0 Å². The second kappa shape index (κ2) is 9.59. The third kappa shape index (κ3) is 5.27. The van der Waals surface area contributed by atoms with Gasteiger partial charge in [-0.05, 0) is 49.6 Å². The summed E-state index contributed by atoms with van der Waals surface area (Å²) in [5, 5.41) is 4.02. The average Bonchev–Trinajstić information content (AvgIpc) is 2.78. The molecule has 0 saturated carbocycles. The Morgan fingerprint density at radius 1 is 1.07 bits per heavy atom. The average molecular weight is 406 g/mol. The van der Waals surface area contributed by atoms with Gasteiger partial charge in [0, 0.05) is 48.8 Å². The van der Waals surface area contributed by atoms with E-state index < -0.39 is 0 Å². The van der Waals surface area contributed by atoms with Crippen LogP contribution in [0.25, 0.3) is 11.0 Å². The number of ether oxygens (including phenoxy) is 1. The number of benzene rings is 2. The van der Waals surface area contributed by atoms with Crippen LogP contribution < -0.4 is 15.7 Å². The van der Waals surface area contributed by atoms with Crippen LogP contribution in [0, 0.1) is 0 Å². The second-order valence-electron chi connectivity index (χ2n) is 7.61. The number of rotatable bonds is 7. The van der Waals surface area contributed by atoms with Crippen molar-refractivity contribution in [3.8, 4) is 5.75 Å². The van der Waals surface area contributed by atoms with Gasteiger partial charge in [-0.15, -0.1) is 0 Å². The maximum atomic E-state index is 12.3. The molecular formula is C24H26N2O4. The van der Waals surface area contributed by atoms with Crippen LogP contribution in [0.4, 0.5) is 0 Å². The molecule has 3 aromatic rings. The second-order valence-corrected chi connectivity index (χ2v) is 7.61. The zero-order valence-electron chi connectivity index (χ0n) is 16.9. The molecule has 0 aliphatic carbocycles. The molecule has 30 heavy (non-hydrogen) atoms. The van der Waals surface area contributed by atoms with Crippen LogP contribution >= 0.6 is 0 Å². The van der Waals surface area contributed by atoms with Gasteiger partial charge < -0.3 is 19.4 Å². The van der Waals surface area contributed by atoms with Gasteiger partial charge in [0.25, 0.3) is 5.91 Å². The number of carbonyl (C=O) groups excluding carboxylic acids is 1. The van der Waals surface area contributed by atoms with Gasteiger partial charge in [-0.3, -0.25) is 4.79 Å². The first kappa shape index (κ1) is 20.2. The fraction of sp³-hybridized carbons (Fsp3) is 0.333. The molecule has 1 fully saturated rings. The largest absolute Gasteiger partial charge is 0.493 e. The number of hydrogen-bond acceptors (Lipinski definition) is 5. The Balaban J connectivity index is 1.16. The summed E-state index contributed by atoms with van der Waals surface area (Å²) in [5.41, 5.74) is 0.896. The molecule has 0 atom stereocenters. The number of carbonyl (C=O) groups is 1. The Morgan fingerprint density at radius 3 is 2.63 bits per heavy atom. The third-order valence-electron chi connectivity index (χ3n) is 5.44. The van der Waals surface area contributed by atoms with Crippen LogP contribution in [-0.4, -0.2) is 43.1 Å². The molecule has 2 heterocycles. The van der Waals surface area contributed by atoms with E-state index in [2.05, 4.69) is 10.2 Å². The first-order valence-electron chi connectivity index (χ1n) is 10.4. The minimum absolute atomic E-state index is 0.00803. The highest BCUT2D eigenvalue weighted by Gasteiger charge is 2.20. The maximum Gasteiger partial charge on any atom is 0.336 e. The van der Waals surface area contributed by atoms with Gasteiger partial charge in [0.1, 0.15) is 11.3 Å². The summed E-state index contributed by atoms with van der Waals surface area (Å²) in [6, 6.07) is 18.3. The van der Waals surface area contributed by atoms with E-state index in [0.717, 1.165) is 44.3 Å². The number of likely N-dealkylation sites (tertiary alicyclic amines) is 1. The van der Waals surface area contributed by atoms with Gasteiger partial charge in [0.05, 0.1) is 6.61 Å². The molecule has 0 unspecified atom stereocenters. The van der Waals surface area contributed by atoms with Crippen LogP contribution in [0.5, 0.6) is 5.75 Å². The molecule has 1 aliphatic rings. The van der Waals surface area contributed by atoms with Crippen LogP contribution in [0.2, 0.25) is 0 Å². The predicted molar refractivity (Wildman–Crippen MR) is 116 cm³/mol. The lowest BCUT2D eigenvalue weighted by Crippen LogP contribution is -2.45. The Morgan fingerprint density at radius 2 is 1.83 bits per heavy atom.